The van der Waals surface area contributed by atoms with Crippen LogP contribution in [0.3, 0.4) is 0 Å². The molecule has 0 spiro atoms. The van der Waals surface area contributed by atoms with Gasteiger partial charge in [-0.25, -0.2) is 18.5 Å². The van der Waals surface area contributed by atoms with Crippen molar-refractivity contribution < 1.29 is 8.42 Å². The minimum atomic E-state index is -3.71. The molecule has 1 aliphatic rings. The molecule has 1 aliphatic heterocycles. The molecular weight excluding hydrogens is 282 g/mol. The number of hydrogen-bond donors (Lipinski definition) is 2. The van der Waals surface area contributed by atoms with Gasteiger partial charge in [-0.15, -0.1) is 11.3 Å². The van der Waals surface area contributed by atoms with E-state index in [2.05, 4.69) is 10.3 Å². The maximum Gasteiger partial charge on any atom is 0.238 e. The predicted octanol–water partition coefficient (Wildman–Crippen LogP) is 1.03. The quantitative estimate of drug-likeness (QED) is 0.866. The standard InChI is InChI=1S/C12H13N3O2S2/c13-19(16,17)11-4-2-1-3-8(11)9-5-14-6-10-12(9)18-7-15-10/h1-4,7,9,14H,5-6H2,(H2,13,16,17). The Morgan fingerprint density at radius 2 is 2.16 bits per heavy atom. The lowest BCUT2D eigenvalue weighted by Gasteiger charge is -2.24. The summed E-state index contributed by atoms with van der Waals surface area (Å²) in [7, 11) is -3.71. The van der Waals surface area contributed by atoms with Crippen molar-refractivity contribution in [1.29, 1.82) is 0 Å². The number of nitrogens with zero attached hydrogens (tertiary/aromatic N) is 1. The number of thiazole rings is 1. The van der Waals surface area contributed by atoms with Gasteiger partial charge in [-0.3, -0.25) is 0 Å². The third kappa shape index (κ3) is 2.30. The van der Waals surface area contributed by atoms with Crippen molar-refractivity contribution in [3.63, 3.8) is 0 Å². The maximum atomic E-state index is 11.7. The number of sulfonamides is 1. The van der Waals surface area contributed by atoms with E-state index >= 15 is 0 Å². The first-order chi connectivity index (χ1) is 9.07. The van der Waals surface area contributed by atoms with Gasteiger partial charge in [-0.05, 0) is 11.6 Å². The molecule has 1 unspecified atom stereocenters. The second-order valence-corrected chi connectivity index (χ2v) is 6.85. The molecule has 0 saturated heterocycles. The zero-order chi connectivity index (χ0) is 13.5. The zero-order valence-electron chi connectivity index (χ0n) is 10.0. The molecule has 7 heteroatoms. The van der Waals surface area contributed by atoms with Crippen molar-refractivity contribution in [1.82, 2.24) is 10.3 Å². The molecule has 1 aromatic carbocycles. The van der Waals surface area contributed by atoms with Crippen molar-refractivity contribution in [3.8, 4) is 0 Å². The van der Waals surface area contributed by atoms with Crippen LogP contribution in [-0.2, 0) is 16.6 Å². The molecule has 0 radical (unpaired) electrons. The fraction of sp³-hybridized carbons (Fsp3) is 0.250. The van der Waals surface area contributed by atoms with Gasteiger partial charge in [0.25, 0.3) is 0 Å². The molecular formula is C12H13N3O2S2. The van der Waals surface area contributed by atoms with Crippen LogP contribution in [0.5, 0.6) is 0 Å². The number of fused-ring (bicyclic) bond motifs is 1. The SMILES string of the molecule is NS(=O)(=O)c1ccccc1C1CNCc2ncsc21. The Morgan fingerprint density at radius 3 is 2.95 bits per heavy atom. The normalized spacial score (nSPS) is 19.1. The summed E-state index contributed by atoms with van der Waals surface area (Å²) < 4.78 is 23.4. The lowest BCUT2D eigenvalue weighted by Crippen LogP contribution is -2.29. The Hall–Kier alpha value is -1.28. The highest BCUT2D eigenvalue weighted by Crippen LogP contribution is 2.35. The van der Waals surface area contributed by atoms with Crippen molar-refractivity contribution >= 4 is 21.4 Å². The van der Waals surface area contributed by atoms with E-state index in [0.29, 0.717) is 6.54 Å². The number of aromatic nitrogens is 1. The third-order valence-corrected chi connectivity index (χ3v) is 5.20. The zero-order valence-corrected chi connectivity index (χ0v) is 11.7. The Balaban J connectivity index is 2.16. The highest BCUT2D eigenvalue weighted by molar-refractivity contribution is 7.89. The molecule has 5 nitrogen and oxygen atoms in total. The molecule has 0 aliphatic carbocycles. The summed E-state index contributed by atoms with van der Waals surface area (Å²) in [5.74, 6) is -0.00854. The molecule has 0 saturated carbocycles. The molecule has 3 N–H and O–H groups in total. The summed E-state index contributed by atoms with van der Waals surface area (Å²) in [5, 5.41) is 8.56. The average Bonchev–Trinajstić information content (AvgIpc) is 2.85. The van der Waals surface area contributed by atoms with Gasteiger partial charge in [-0.2, -0.15) is 0 Å². The number of benzene rings is 1. The van der Waals surface area contributed by atoms with Crippen molar-refractivity contribution in [2.24, 2.45) is 5.14 Å². The van der Waals surface area contributed by atoms with Crippen LogP contribution in [-0.4, -0.2) is 19.9 Å². The molecule has 19 heavy (non-hydrogen) atoms. The number of rotatable bonds is 2. The molecule has 0 bridgehead atoms. The Bertz CT molecular complexity index is 709. The summed E-state index contributed by atoms with van der Waals surface area (Å²) in [6, 6.07) is 6.90. The van der Waals surface area contributed by atoms with Gasteiger partial charge in [0.05, 0.1) is 16.1 Å². The Morgan fingerprint density at radius 1 is 1.37 bits per heavy atom. The number of nitrogens with one attached hydrogen (secondary N) is 1. The molecule has 1 aromatic heterocycles. The minimum Gasteiger partial charge on any atom is -0.310 e. The van der Waals surface area contributed by atoms with Gasteiger partial charge >= 0.3 is 0 Å². The molecule has 100 valence electrons. The number of hydrogen-bond acceptors (Lipinski definition) is 5. The predicted molar refractivity (Wildman–Crippen MR) is 73.5 cm³/mol. The summed E-state index contributed by atoms with van der Waals surface area (Å²) in [6.07, 6.45) is 0. The van der Waals surface area contributed by atoms with E-state index in [-0.39, 0.29) is 10.8 Å². The first-order valence-corrected chi connectivity index (χ1v) is 8.24. The Kier molecular flexibility index (Phi) is 3.14. The average molecular weight is 295 g/mol. The minimum absolute atomic E-state index is 0.00854. The lowest BCUT2D eigenvalue weighted by atomic mass is 9.94. The molecule has 2 heterocycles. The van der Waals surface area contributed by atoms with Gasteiger partial charge in [0.1, 0.15) is 0 Å². The van der Waals surface area contributed by atoms with Gasteiger partial charge < -0.3 is 5.32 Å². The van der Waals surface area contributed by atoms with E-state index in [1.165, 1.54) is 0 Å². The van der Waals surface area contributed by atoms with Crippen LogP contribution in [0.2, 0.25) is 0 Å². The summed E-state index contributed by atoms with van der Waals surface area (Å²) >= 11 is 1.56. The topological polar surface area (TPSA) is 85.1 Å². The maximum absolute atomic E-state index is 11.7. The van der Waals surface area contributed by atoms with Crippen LogP contribution in [0.25, 0.3) is 0 Å². The first kappa shape index (κ1) is 12.7. The van der Waals surface area contributed by atoms with Crippen LogP contribution >= 0.6 is 11.3 Å². The van der Waals surface area contributed by atoms with E-state index in [9.17, 15) is 8.42 Å². The summed E-state index contributed by atoms with van der Waals surface area (Å²) in [4.78, 5) is 5.62. The van der Waals surface area contributed by atoms with Crippen LogP contribution in [0.1, 0.15) is 22.1 Å². The molecule has 2 aromatic rings. The number of primary sulfonamides is 1. The molecule has 3 rings (SSSR count). The van der Waals surface area contributed by atoms with Gasteiger partial charge in [0.15, 0.2) is 0 Å². The van der Waals surface area contributed by atoms with E-state index in [4.69, 9.17) is 5.14 Å². The lowest BCUT2D eigenvalue weighted by molar-refractivity contribution is 0.576. The summed E-state index contributed by atoms with van der Waals surface area (Å²) in [5.41, 5.74) is 3.53. The van der Waals surface area contributed by atoms with E-state index in [1.54, 1.807) is 29.0 Å². The van der Waals surface area contributed by atoms with Gasteiger partial charge in [0.2, 0.25) is 10.0 Å². The monoisotopic (exact) mass is 295 g/mol. The van der Waals surface area contributed by atoms with Gasteiger partial charge in [0, 0.05) is 23.9 Å². The van der Waals surface area contributed by atoms with E-state index in [1.807, 2.05) is 12.1 Å². The second kappa shape index (κ2) is 4.68. The van der Waals surface area contributed by atoms with Crippen molar-refractivity contribution in [2.75, 3.05) is 6.54 Å². The third-order valence-electron chi connectivity index (χ3n) is 3.23. The molecule has 0 amide bonds. The van der Waals surface area contributed by atoms with Crippen LogP contribution in [0.15, 0.2) is 34.7 Å². The highest BCUT2D eigenvalue weighted by Gasteiger charge is 2.28. The van der Waals surface area contributed by atoms with Crippen LogP contribution in [0, 0.1) is 0 Å². The number of nitrogens with two attached hydrogens (primary N) is 1. The summed E-state index contributed by atoms with van der Waals surface area (Å²) in [6.45, 7) is 1.43. The second-order valence-electron chi connectivity index (χ2n) is 4.43. The van der Waals surface area contributed by atoms with Crippen molar-refractivity contribution in [2.45, 2.75) is 17.4 Å². The Labute approximate surface area is 115 Å². The van der Waals surface area contributed by atoms with Crippen LogP contribution < -0.4 is 10.5 Å². The largest absolute Gasteiger partial charge is 0.310 e. The highest BCUT2D eigenvalue weighted by atomic mass is 32.2. The fourth-order valence-corrected chi connectivity index (χ4v) is 4.14. The fourth-order valence-electron chi connectivity index (χ4n) is 2.40. The molecule has 1 atom stereocenters. The molecule has 0 fully saturated rings. The smallest absolute Gasteiger partial charge is 0.238 e. The first-order valence-electron chi connectivity index (χ1n) is 5.82. The van der Waals surface area contributed by atoms with E-state index in [0.717, 1.165) is 22.7 Å². The van der Waals surface area contributed by atoms with Crippen molar-refractivity contribution in [3.05, 3.63) is 45.9 Å². The van der Waals surface area contributed by atoms with Crippen LogP contribution in [0.4, 0.5) is 0 Å². The van der Waals surface area contributed by atoms with Gasteiger partial charge in [-0.1, -0.05) is 18.2 Å². The van der Waals surface area contributed by atoms with E-state index < -0.39 is 10.0 Å².